The minimum atomic E-state index is 0.318. The second-order valence-corrected chi connectivity index (χ2v) is 5.92. The molecule has 1 heterocycles. The van der Waals surface area contributed by atoms with Crippen molar-refractivity contribution >= 4 is 16.7 Å². The van der Waals surface area contributed by atoms with Crippen LogP contribution in [0.15, 0.2) is 48.5 Å². The molecular formula is C17H18N4. The van der Waals surface area contributed by atoms with Crippen LogP contribution in [-0.2, 0) is 12.5 Å². The fourth-order valence-electron chi connectivity index (χ4n) is 2.93. The lowest BCUT2D eigenvalue weighted by atomic mass is 9.96. The number of hydrogen-bond acceptors (Lipinski definition) is 3. The molecule has 0 bridgehead atoms. The molecule has 1 aromatic heterocycles. The molecular weight excluding hydrogens is 260 g/mol. The van der Waals surface area contributed by atoms with Gasteiger partial charge in [-0.2, -0.15) is 0 Å². The number of nitrogens with zero attached hydrogens (tertiary/aromatic N) is 3. The SMILES string of the molecule is Cn1nnc2cc(NCC3(c4ccccc4)CC3)ccc21. The topological polar surface area (TPSA) is 42.7 Å². The van der Waals surface area contributed by atoms with Gasteiger partial charge in [-0.15, -0.1) is 5.10 Å². The van der Waals surface area contributed by atoms with Crippen molar-refractivity contribution in [3.05, 3.63) is 54.1 Å². The Morgan fingerprint density at radius 3 is 2.71 bits per heavy atom. The lowest BCUT2D eigenvalue weighted by molar-refractivity contribution is 0.733. The van der Waals surface area contributed by atoms with E-state index in [4.69, 9.17) is 0 Å². The van der Waals surface area contributed by atoms with Crippen molar-refractivity contribution in [3.8, 4) is 0 Å². The highest BCUT2D eigenvalue weighted by molar-refractivity contribution is 5.78. The van der Waals surface area contributed by atoms with Crippen LogP contribution in [0.3, 0.4) is 0 Å². The molecule has 0 unspecified atom stereocenters. The molecule has 1 aliphatic carbocycles. The van der Waals surface area contributed by atoms with E-state index in [-0.39, 0.29) is 0 Å². The van der Waals surface area contributed by atoms with Crippen molar-refractivity contribution in [1.29, 1.82) is 0 Å². The first-order chi connectivity index (χ1) is 10.3. The Kier molecular flexibility index (Phi) is 2.70. The third-order valence-electron chi connectivity index (χ3n) is 4.48. The summed E-state index contributed by atoms with van der Waals surface area (Å²) in [5.41, 5.74) is 4.87. The van der Waals surface area contributed by atoms with E-state index in [0.29, 0.717) is 5.41 Å². The van der Waals surface area contributed by atoms with Gasteiger partial charge >= 0.3 is 0 Å². The van der Waals surface area contributed by atoms with Crippen LogP contribution in [0.1, 0.15) is 18.4 Å². The summed E-state index contributed by atoms with van der Waals surface area (Å²) in [6, 6.07) is 17.0. The molecule has 2 aromatic carbocycles. The van der Waals surface area contributed by atoms with Crippen LogP contribution >= 0.6 is 0 Å². The summed E-state index contributed by atoms with van der Waals surface area (Å²) >= 11 is 0. The van der Waals surface area contributed by atoms with E-state index in [1.165, 1.54) is 18.4 Å². The molecule has 1 N–H and O–H groups in total. The van der Waals surface area contributed by atoms with E-state index in [0.717, 1.165) is 23.3 Å². The fraction of sp³-hybridized carbons (Fsp3) is 0.294. The van der Waals surface area contributed by atoms with Crippen molar-refractivity contribution in [3.63, 3.8) is 0 Å². The molecule has 0 spiro atoms. The minimum Gasteiger partial charge on any atom is -0.384 e. The number of nitrogens with one attached hydrogen (secondary N) is 1. The number of anilines is 1. The van der Waals surface area contributed by atoms with Crippen molar-refractivity contribution < 1.29 is 0 Å². The molecule has 4 heteroatoms. The van der Waals surface area contributed by atoms with Gasteiger partial charge in [0.1, 0.15) is 5.52 Å². The zero-order chi connectivity index (χ0) is 14.3. The van der Waals surface area contributed by atoms with Gasteiger partial charge in [-0.3, -0.25) is 0 Å². The molecule has 1 fully saturated rings. The molecule has 1 saturated carbocycles. The molecule has 4 rings (SSSR count). The number of aryl methyl sites for hydroxylation is 1. The van der Waals surface area contributed by atoms with Crippen LogP contribution in [0.5, 0.6) is 0 Å². The summed E-state index contributed by atoms with van der Waals surface area (Å²) in [4.78, 5) is 0. The second-order valence-electron chi connectivity index (χ2n) is 5.92. The lowest BCUT2D eigenvalue weighted by Gasteiger charge is -2.17. The van der Waals surface area contributed by atoms with Gasteiger partial charge in [0, 0.05) is 24.7 Å². The number of rotatable bonds is 4. The first-order valence-corrected chi connectivity index (χ1v) is 7.36. The van der Waals surface area contributed by atoms with E-state index in [9.17, 15) is 0 Å². The molecule has 1 aliphatic rings. The standard InChI is InChI=1S/C17H18N4/c1-21-16-8-7-14(11-15(16)19-20-21)18-12-17(9-10-17)13-5-3-2-4-6-13/h2-8,11,18H,9-10,12H2,1H3. The average Bonchev–Trinajstić information content (AvgIpc) is 3.25. The van der Waals surface area contributed by atoms with E-state index >= 15 is 0 Å². The Balaban J connectivity index is 1.53. The maximum Gasteiger partial charge on any atom is 0.115 e. The van der Waals surface area contributed by atoms with Gasteiger partial charge in [0.05, 0.1) is 5.52 Å². The molecule has 21 heavy (non-hydrogen) atoms. The van der Waals surface area contributed by atoms with E-state index in [1.807, 2.05) is 7.05 Å². The highest BCUT2D eigenvalue weighted by Gasteiger charge is 2.43. The highest BCUT2D eigenvalue weighted by atomic mass is 15.4. The minimum absolute atomic E-state index is 0.318. The molecule has 0 atom stereocenters. The second kappa shape index (κ2) is 4.58. The fourth-order valence-corrected chi connectivity index (χ4v) is 2.93. The van der Waals surface area contributed by atoms with E-state index < -0.39 is 0 Å². The van der Waals surface area contributed by atoms with Crippen LogP contribution in [0, 0.1) is 0 Å². The maximum atomic E-state index is 4.17. The molecule has 0 saturated heterocycles. The lowest BCUT2D eigenvalue weighted by Crippen LogP contribution is -2.19. The molecule has 0 aliphatic heterocycles. The Morgan fingerprint density at radius 1 is 1.14 bits per heavy atom. The van der Waals surface area contributed by atoms with Gasteiger partial charge in [0.25, 0.3) is 0 Å². The largest absolute Gasteiger partial charge is 0.384 e. The zero-order valence-corrected chi connectivity index (χ0v) is 12.1. The number of aromatic nitrogens is 3. The summed E-state index contributed by atoms with van der Waals surface area (Å²) in [5.74, 6) is 0. The molecule has 0 amide bonds. The van der Waals surface area contributed by atoms with Gasteiger partial charge in [-0.25, -0.2) is 4.68 Å². The Labute approximate surface area is 123 Å². The predicted molar refractivity (Wildman–Crippen MR) is 84.4 cm³/mol. The Morgan fingerprint density at radius 2 is 1.95 bits per heavy atom. The van der Waals surface area contributed by atoms with Crippen LogP contribution in [0.25, 0.3) is 11.0 Å². The summed E-state index contributed by atoms with van der Waals surface area (Å²) in [6.45, 7) is 0.975. The average molecular weight is 278 g/mol. The van der Waals surface area contributed by atoms with Crippen molar-refractivity contribution in [1.82, 2.24) is 15.0 Å². The van der Waals surface area contributed by atoms with Gasteiger partial charge < -0.3 is 5.32 Å². The Hall–Kier alpha value is -2.36. The van der Waals surface area contributed by atoms with Crippen LogP contribution in [0.2, 0.25) is 0 Å². The molecule has 0 radical (unpaired) electrons. The number of hydrogen-bond donors (Lipinski definition) is 1. The summed E-state index contributed by atoms with van der Waals surface area (Å²) in [5, 5.41) is 11.8. The van der Waals surface area contributed by atoms with Gasteiger partial charge in [-0.05, 0) is 36.6 Å². The zero-order valence-electron chi connectivity index (χ0n) is 12.1. The van der Waals surface area contributed by atoms with Gasteiger partial charge in [0.15, 0.2) is 0 Å². The Bertz CT molecular complexity index is 772. The summed E-state index contributed by atoms with van der Waals surface area (Å²) in [7, 11) is 1.91. The van der Waals surface area contributed by atoms with E-state index in [2.05, 4.69) is 64.2 Å². The predicted octanol–water partition coefficient (Wildman–Crippen LogP) is 3.11. The normalized spacial score (nSPS) is 16.0. The molecule has 3 aromatic rings. The smallest absolute Gasteiger partial charge is 0.115 e. The van der Waals surface area contributed by atoms with Crippen molar-refractivity contribution in [2.45, 2.75) is 18.3 Å². The van der Waals surface area contributed by atoms with Crippen LogP contribution in [0.4, 0.5) is 5.69 Å². The monoisotopic (exact) mass is 278 g/mol. The maximum absolute atomic E-state index is 4.17. The third kappa shape index (κ3) is 2.17. The first kappa shape index (κ1) is 12.4. The molecule has 106 valence electrons. The van der Waals surface area contributed by atoms with Gasteiger partial charge in [0.2, 0.25) is 0 Å². The quantitative estimate of drug-likeness (QED) is 0.797. The van der Waals surface area contributed by atoms with Crippen LogP contribution in [-0.4, -0.2) is 21.5 Å². The van der Waals surface area contributed by atoms with E-state index in [1.54, 1.807) is 4.68 Å². The first-order valence-electron chi connectivity index (χ1n) is 7.36. The summed E-state index contributed by atoms with van der Waals surface area (Å²) < 4.78 is 1.80. The highest BCUT2D eigenvalue weighted by Crippen LogP contribution is 2.48. The van der Waals surface area contributed by atoms with Crippen LogP contribution < -0.4 is 5.32 Å². The number of benzene rings is 2. The van der Waals surface area contributed by atoms with Gasteiger partial charge in [-0.1, -0.05) is 35.5 Å². The molecule has 4 nitrogen and oxygen atoms in total. The third-order valence-corrected chi connectivity index (χ3v) is 4.48. The number of fused-ring (bicyclic) bond motifs is 1. The van der Waals surface area contributed by atoms with Crippen molar-refractivity contribution in [2.24, 2.45) is 7.05 Å². The van der Waals surface area contributed by atoms with Crippen molar-refractivity contribution in [2.75, 3.05) is 11.9 Å². The summed E-state index contributed by atoms with van der Waals surface area (Å²) in [6.07, 6.45) is 2.52.